The summed E-state index contributed by atoms with van der Waals surface area (Å²) in [5.41, 5.74) is 4.66. The second-order valence-corrected chi connectivity index (χ2v) is 6.01. The lowest BCUT2D eigenvalue weighted by atomic mass is 10.0. The first-order valence-corrected chi connectivity index (χ1v) is 7.50. The largest absolute Gasteiger partial charge is 0.388 e. The maximum absolute atomic E-state index is 10.4. The molecule has 0 amide bonds. The van der Waals surface area contributed by atoms with Gasteiger partial charge in [0.2, 0.25) is 0 Å². The Morgan fingerprint density at radius 2 is 1.74 bits per heavy atom. The fraction of sp³-hybridized carbons (Fsp3) is 0.294. The molecule has 0 saturated carbocycles. The molecular weight excluding hydrogens is 252 g/mol. The number of hydrogen-bond donors (Lipinski definition) is 1. The molecular formula is C17H20OS. The Morgan fingerprint density at radius 1 is 1.00 bits per heavy atom. The van der Waals surface area contributed by atoms with E-state index in [1.165, 1.54) is 16.0 Å². The topological polar surface area (TPSA) is 20.2 Å². The maximum atomic E-state index is 10.4. The molecule has 2 heteroatoms. The van der Waals surface area contributed by atoms with Crippen molar-refractivity contribution in [2.24, 2.45) is 0 Å². The summed E-state index contributed by atoms with van der Waals surface area (Å²) in [7, 11) is 0. The first kappa shape index (κ1) is 14.2. The second-order valence-electron chi connectivity index (χ2n) is 4.95. The van der Waals surface area contributed by atoms with Gasteiger partial charge in [-0.2, -0.15) is 0 Å². The summed E-state index contributed by atoms with van der Waals surface area (Å²) in [5, 5.41) is 10.4. The van der Waals surface area contributed by atoms with E-state index in [2.05, 4.69) is 51.1 Å². The van der Waals surface area contributed by atoms with Crippen molar-refractivity contribution in [2.45, 2.75) is 31.8 Å². The maximum Gasteiger partial charge on any atom is 0.0886 e. The lowest BCUT2D eigenvalue weighted by Gasteiger charge is -2.15. The predicted octanol–water partition coefficient (Wildman–Crippen LogP) is 4.44. The number of hydrogen-bond acceptors (Lipinski definition) is 2. The van der Waals surface area contributed by atoms with Crippen LogP contribution in [0.4, 0.5) is 0 Å². The van der Waals surface area contributed by atoms with E-state index in [-0.39, 0.29) is 0 Å². The van der Waals surface area contributed by atoms with Gasteiger partial charge in [-0.15, -0.1) is 11.8 Å². The van der Waals surface area contributed by atoms with Crippen LogP contribution < -0.4 is 0 Å². The van der Waals surface area contributed by atoms with Crippen molar-refractivity contribution in [3.05, 3.63) is 64.7 Å². The SMILES string of the molecule is Cc1ccc(C)c(C(O)CSc2ccccc2C)c1. The predicted molar refractivity (Wildman–Crippen MR) is 82.8 cm³/mol. The fourth-order valence-corrected chi connectivity index (χ4v) is 3.08. The average molecular weight is 272 g/mol. The minimum Gasteiger partial charge on any atom is -0.388 e. The lowest BCUT2D eigenvalue weighted by molar-refractivity contribution is 0.203. The van der Waals surface area contributed by atoms with E-state index < -0.39 is 6.10 Å². The summed E-state index contributed by atoms with van der Waals surface area (Å²) in [5.74, 6) is 0.690. The number of aryl methyl sites for hydroxylation is 3. The highest BCUT2D eigenvalue weighted by Crippen LogP contribution is 2.28. The van der Waals surface area contributed by atoms with Gasteiger partial charge in [0.15, 0.2) is 0 Å². The van der Waals surface area contributed by atoms with E-state index >= 15 is 0 Å². The highest BCUT2D eigenvalue weighted by Gasteiger charge is 2.11. The Hall–Kier alpha value is -1.25. The molecule has 19 heavy (non-hydrogen) atoms. The molecule has 0 aromatic heterocycles. The number of thioether (sulfide) groups is 1. The second kappa shape index (κ2) is 6.27. The molecule has 100 valence electrons. The zero-order valence-corrected chi connectivity index (χ0v) is 12.5. The summed E-state index contributed by atoms with van der Waals surface area (Å²) in [6.07, 6.45) is -0.412. The van der Waals surface area contributed by atoms with Crippen molar-refractivity contribution in [1.29, 1.82) is 0 Å². The van der Waals surface area contributed by atoms with Gasteiger partial charge < -0.3 is 5.11 Å². The normalized spacial score (nSPS) is 12.4. The molecule has 0 radical (unpaired) electrons. The van der Waals surface area contributed by atoms with Crippen molar-refractivity contribution in [3.8, 4) is 0 Å². The highest BCUT2D eigenvalue weighted by atomic mass is 32.2. The highest BCUT2D eigenvalue weighted by molar-refractivity contribution is 7.99. The summed E-state index contributed by atoms with van der Waals surface area (Å²) >= 11 is 1.71. The number of rotatable bonds is 4. The Bertz CT molecular complexity index is 563. The van der Waals surface area contributed by atoms with Gasteiger partial charge in [0.25, 0.3) is 0 Å². The summed E-state index contributed by atoms with van der Waals surface area (Å²) in [4.78, 5) is 1.24. The van der Waals surface area contributed by atoms with Crippen LogP contribution in [0.25, 0.3) is 0 Å². The summed E-state index contributed by atoms with van der Waals surface area (Å²) in [6, 6.07) is 14.5. The Morgan fingerprint density at radius 3 is 2.47 bits per heavy atom. The third-order valence-electron chi connectivity index (χ3n) is 3.28. The smallest absolute Gasteiger partial charge is 0.0886 e. The number of aliphatic hydroxyl groups is 1. The quantitative estimate of drug-likeness (QED) is 0.830. The monoisotopic (exact) mass is 272 g/mol. The molecule has 2 rings (SSSR count). The number of aliphatic hydroxyl groups excluding tert-OH is 1. The molecule has 1 N–H and O–H groups in total. The van der Waals surface area contributed by atoms with Crippen molar-refractivity contribution in [3.63, 3.8) is 0 Å². The fourth-order valence-electron chi connectivity index (χ4n) is 2.10. The third-order valence-corrected chi connectivity index (χ3v) is 4.54. The molecule has 1 atom stereocenters. The average Bonchev–Trinajstić information content (AvgIpc) is 2.40. The zero-order chi connectivity index (χ0) is 13.8. The standard InChI is InChI=1S/C17H20OS/c1-12-8-9-13(2)15(10-12)16(18)11-19-17-7-5-4-6-14(17)3/h4-10,16,18H,11H2,1-3H3. The molecule has 2 aromatic rings. The summed E-state index contributed by atoms with van der Waals surface area (Å²) in [6.45, 7) is 6.22. The lowest BCUT2D eigenvalue weighted by Crippen LogP contribution is -2.03. The van der Waals surface area contributed by atoms with Crippen molar-refractivity contribution in [1.82, 2.24) is 0 Å². The first-order valence-electron chi connectivity index (χ1n) is 6.51. The Labute approximate surface area is 119 Å². The van der Waals surface area contributed by atoms with Gasteiger partial charge in [-0.3, -0.25) is 0 Å². The molecule has 0 heterocycles. The van der Waals surface area contributed by atoms with Gasteiger partial charge >= 0.3 is 0 Å². The van der Waals surface area contributed by atoms with Gasteiger partial charge in [-0.05, 0) is 43.5 Å². The van der Waals surface area contributed by atoms with E-state index in [0.717, 1.165) is 11.1 Å². The van der Waals surface area contributed by atoms with Crippen LogP contribution in [-0.4, -0.2) is 10.9 Å². The molecule has 1 unspecified atom stereocenters. The van der Waals surface area contributed by atoms with E-state index in [1.54, 1.807) is 11.8 Å². The van der Waals surface area contributed by atoms with Crippen LogP contribution in [0.15, 0.2) is 47.4 Å². The molecule has 0 spiro atoms. The molecule has 0 aliphatic carbocycles. The van der Waals surface area contributed by atoms with Gasteiger partial charge in [0, 0.05) is 10.6 Å². The first-order chi connectivity index (χ1) is 9.08. The van der Waals surface area contributed by atoms with E-state index in [0.29, 0.717) is 5.75 Å². The van der Waals surface area contributed by atoms with Crippen LogP contribution in [-0.2, 0) is 0 Å². The molecule has 0 saturated heterocycles. The van der Waals surface area contributed by atoms with Crippen molar-refractivity contribution in [2.75, 3.05) is 5.75 Å². The third kappa shape index (κ3) is 3.62. The minimum atomic E-state index is -0.412. The Balaban J connectivity index is 2.07. The van der Waals surface area contributed by atoms with Crippen LogP contribution in [0.3, 0.4) is 0 Å². The van der Waals surface area contributed by atoms with Crippen molar-refractivity contribution < 1.29 is 5.11 Å². The van der Waals surface area contributed by atoms with E-state index in [9.17, 15) is 5.11 Å². The van der Waals surface area contributed by atoms with Gasteiger partial charge in [-0.25, -0.2) is 0 Å². The van der Waals surface area contributed by atoms with E-state index in [4.69, 9.17) is 0 Å². The van der Waals surface area contributed by atoms with Crippen LogP contribution in [0, 0.1) is 20.8 Å². The Kier molecular flexibility index (Phi) is 4.67. The van der Waals surface area contributed by atoms with E-state index in [1.807, 2.05) is 12.1 Å². The minimum absolute atomic E-state index is 0.412. The van der Waals surface area contributed by atoms with Gasteiger partial charge in [-0.1, -0.05) is 42.0 Å². The molecule has 0 bridgehead atoms. The van der Waals surface area contributed by atoms with Gasteiger partial charge in [0.05, 0.1) is 6.10 Å². The molecule has 2 aromatic carbocycles. The molecule has 0 aliphatic rings. The van der Waals surface area contributed by atoms with Crippen molar-refractivity contribution >= 4 is 11.8 Å². The van der Waals surface area contributed by atoms with Gasteiger partial charge in [0.1, 0.15) is 0 Å². The van der Waals surface area contributed by atoms with Crippen LogP contribution in [0.5, 0.6) is 0 Å². The zero-order valence-electron chi connectivity index (χ0n) is 11.7. The van der Waals surface area contributed by atoms with Crippen LogP contribution in [0.2, 0.25) is 0 Å². The summed E-state index contributed by atoms with van der Waals surface area (Å²) < 4.78 is 0. The molecule has 0 aliphatic heterocycles. The molecule has 0 fully saturated rings. The number of benzene rings is 2. The van der Waals surface area contributed by atoms with Crippen LogP contribution in [0.1, 0.15) is 28.4 Å². The molecule has 1 nitrogen and oxygen atoms in total. The van der Waals surface area contributed by atoms with Crippen LogP contribution >= 0.6 is 11.8 Å².